The van der Waals surface area contributed by atoms with Crippen LogP contribution in [0, 0.1) is 17.0 Å². The first-order chi connectivity index (χ1) is 13.0. The number of carbonyl (C=O) groups excluding carboxylic acids is 1. The summed E-state index contributed by atoms with van der Waals surface area (Å²) in [5, 5.41) is 18.0. The van der Waals surface area contributed by atoms with Crippen molar-refractivity contribution in [3.8, 4) is 5.69 Å². The van der Waals surface area contributed by atoms with Crippen LogP contribution in [-0.4, -0.2) is 30.6 Å². The Morgan fingerprint density at radius 2 is 2.11 bits per heavy atom. The Kier molecular flexibility index (Phi) is 3.84. The van der Waals surface area contributed by atoms with E-state index in [0.29, 0.717) is 22.7 Å². The SMILES string of the molecule is Cc1nc2cc(NC(=O)c3ccc(-n4cncn4)c([N+](=O)[O-])c3)ccc2o1. The summed E-state index contributed by atoms with van der Waals surface area (Å²) in [5.74, 6) is 0.0376. The van der Waals surface area contributed by atoms with E-state index >= 15 is 0 Å². The van der Waals surface area contributed by atoms with E-state index in [9.17, 15) is 14.9 Å². The van der Waals surface area contributed by atoms with Crippen LogP contribution in [-0.2, 0) is 0 Å². The Morgan fingerprint density at radius 3 is 2.85 bits per heavy atom. The third kappa shape index (κ3) is 3.11. The van der Waals surface area contributed by atoms with Crippen molar-refractivity contribution < 1.29 is 14.1 Å². The molecule has 0 saturated heterocycles. The largest absolute Gasteiger partial charge is 0.441 e. The summed E-state index contributed by atoms with van der Waals surface area (Å²) in [6.45, 7) is 1.73. The second-order valence-corrected chi connectivity index (χ2v) is 5.67. The van der Waals surface area contributed by atoms with Gasteiger partial charge in [0.1, 0.15) is 23.9 Å². The highest BCUT2D eigenvalue weighted by atomic mass is 16.6. The second-order valence-electron chi connectivity index (χ2n) is 5.67. The van der Waals surface area contributed by atoms with Crippen molar-refractivity contribution in [1.82, 2.24) is 19.7 Å². The van der Waals surface area contributed by atoms with E-state index in [1.807, 2.05) is 0 Å². The van der Waals surface area contributed by atoms with Gasteiger partial charge in [-0.25, -0.2) is 14.6 Å². The maximum Gasteiger partial charge on any atom is 0.295 e. The van der Waals surface area contributed by atoms with E-state index in [4.69, 9.17) is 4.42 Å². The van der Waals surface area contributed by atoms with E-state index in [1.54, 1.807) is 25.1 Å². The van der Waals surface area contributed by atoms with Crippen LogP contribution in [0.25, 0.3) is 16.8 Å². The predicted octanol–water partition coefficient (Wildman–Crippen LogP) is 2.88. The molecule has 10 heteroatoms. The van der Waals surface area contributed by atoms with Crippen molar-refractivity contribution in [3.63, 3.8) is 0 Å². The highest BCUT2D eigenvalue weighted by Gasteiger charge is 2.19. The van der Waals surface area contributed by atoms with E-state index < -0.39 is 10.8 Å². The molecule has 0 unspecified atom stereocenters. The molecule has 4 rings (SSSR count). The molecule has 10 nitrogen and oxygen atoms in total. The van der Waals surface area contributed by atoms with E-state index in [2.05, 4.69) is 20.4 Å². The zero-order valence-electron chi connectivity index (χ0n) is 14.0. The molecule has 0 fully saturated rings. The van der Waals surface area contributed by atoms with Crippen LogP contribution in [0.3, 0.4) is 0 Å². The van der Waals surface area contributed by atoms with Gasteiger partial charge in [-0.2, -0.15) is 5.10 Å². The lowest BCUT2D eigenvalue weighted by molar-refractivity contribution is -0.384. The van der Waals surface area contributed by atoms with Crippen LogP contribution in [0.4, 0.5) is 11.4 Å². The maximum absolute atomic E-state index is 12.5. The highest BCUT2D eigenvalue weighted by Crippen LogP contribution is 2.25. The first-order valence-corrected chi connectivity index (χ1v) is 7.83. The second kappa shape index (κ2) is 6.33. The smallest absolute Gasteiger partial charge is 0.295 e. The number of fused-ring (bicyclic) bond motifs is 1. The van der Waals surface area contributed by atoms with Crippen LogP contribution in [0.15, 0.2) is 53.5 Å². The molecule has 2 heterocycles. The van der Waals surface area contributed by atoms with Crippen molar-refractivity contribution in [2.75, 3.05) is 5.32 Å². The molecule has 0 spiro atoms. The van der Waals surface area contributed by atoms with Gasteiger partial charge in [-0.1, -0.05) is 0 Å². The van der Waals surface area contributed by atoms with Crippen molar-refractivity contribution in [2.45, 2.75) is 6.92 Å². The molecular formula is C17H12N6O4. The van der Waals surface area contributed by atoms with Crippen molar-refractivity contribution in [3.05, 3.63) is 70.6 Å². The van der Waals surface area contributed by atoms with E-state index in [1.165, 1.54) is 35.5 Å². The number of anilines is 1. The van der Waals surface area contributed by atoms with Gasteiger partial charge in [0.15, 0.2) is 11.5 Å². The van der Waals surface area contributed by atoms with Gasteiger partial charge < -0.3 is 9.73 Å². The summed E-state index contributed by atoms with van der Waals surface area (Å²) in [7, 11) is 0. The minimum atomic E-state index is -0.571. The summed E-state index contributed by atoms with van der Waals surface area (Å²) < 4.78 is 6.66. The molecule has 1 N–H and O–H groups in total. The first kappa shape index (κ1) is 16.4. The zero-order valence-corrected chi connectivity index (χ0v) is 14.0. The highest BCUT2D eigenvalue weighted by molar-refractivity contribution is 6.05. The van der Waals surface area contributed by atoms with Crippen molar-refractivity contribution >= 4 is 28.4 Å². The molecule has 134 valence electrons. The van der Waals surface area contributed by atoms with E-state index in [0.717, 1.165) is 0 Å². The van der Waals surface area contributed by atoms with Crippen LogP contribution in [0.1, 0.15) is 16.2 Å². The van der Waals surface area contributed by atoms with Crippen molar-refractivity contribution in [1.29, 1.82) is 0 Å². The topological polar surface area (TPSA) is 129 Å². The molecule has 2 aromatic carbocycles. The lowest BCUT2D eigenvalue weighted by atomic mass is 10.1. The number of aryl methyl sites for hydroxylation is 1. The number of benzene rings is 2. The Morgan fingerprint density at radius 1 is 1.26 bits per heavy atom. The van der Waals surface area contributed by atoms with Gasteiger partial charge in [0.05, 0.1) is 4.92 Å². The monoisotopic (exact) mass is 364 g/mol. The fourth-order valence-electron chi connectivity index (χ4n) is 2.66. The van der Waals surface area contributed by atoms with Crippen LogP contribution in [0.2, 0.25) is 0 Å². The number of nitrogens with zero attached hydrogens (tertiary/aromatic N) is 5. The van der Waals surface area contributed by atoms with Crippen LogP contribution < -0.4 is 5.32 Å². The van der Waals surface area contributed by atoms with E-state index in [-0.39, 0.29) is 16.9 Å². The van der Waals surface area contributed by atoms with Gasteiger partial charge in [0.25, 0.3) is 11.6 Å². The third-order valence-electron chi connectivity index (χ3n) is 3.85. The number of aromatic nitrogens is 4. The van der Waals surface area contributed by atoms with Crippen LogP contribution >= 0.6 is 0 Å². The molecule has 0 aliphatic rings. The number of hydrogen-bond acceptors (Lipinski definition) is 7. The minimum absolute atomic E-state index is 0.141. The standard InChI is InChI=1S/C17H12N6O4/c1-10-20-13-7-12(3-5-16(13)27-10)21-17(24)11-2-4-14(15(6-11)23(25)26)22-9-18-8-19-22/h2-9H,1H3,(H,21,24). The fourth-order valence-corrected chi connectivity index (χ4v) is 2.66. The molecule has 0 aliphatic carbocycles. The lowest BCUT2D eigenvalue weighted by Gasteiger charge is -2.07. The Labute approximate surface area is 151 Å². The summed E-state index contributed by atoms with van der Waals surface area (Å²) in [6.07, 6.45) is 2.61. The molecule has 2 aromatic heterocycles. The normalized spacial score (nSPS) is 10.9. The first-order valence-electron chi connectivity index (χ1n) is 7.83. The number of carbonyl (C=O) groups is 1. The van der Waals surface area contributed by atoms with Gasteiger partial charge in [-0.05, 0) is 30.3 Å². The molecule has 0 bridgehead atoms. The summed E-state index contributed by atoms with van der Waals surface area (Å²) >= 11 is 0. The summed E-state index contributed by atoms with van der Waals surface area (Å²) in [6, 6.07) is 9.17. The summed E-state index contributed by atoms with van der Waals surface area (Å²) in [5.41, 5.74) is 1.83. The molecule has 0 saturated carbocycles. The van der Waals surface area contributed by atoms with Crippen molar-refractivity contribution in [2.24, 2.45) is 0 Å². The molecule has 1 amide bonds. The lowest BCUT2D eigenvalue weighted by Crippen LogP contribution is -2.13. The number of oxazole rings is 1. The predicted molar refractivity (Wildman–Crippen MR) is 94.7 cm³/mol. The zero-order chi connectivity index (χ0) is 19.0. The van der Waals surface area contributed by atoms with Gasteiger partial charge in [-0.3, -0.25) is 14.9 Å². The number of rotatable bonds is 4. The molecule has 0 radical (unpaired) electrons. The molecule has 0 aliphatic heterocycles. The average Bonchev–Trinajstić information content (AvgIpc) is 3.29. The Bertz CT molecular complexity index is 1170. The van der Waals surface area contributed by atoms with Gasteiger partial charge in [0, 0.05) is 24.2 Å². The average molecular weight is 364 g/mol. The number of hydrogen-bond donors (Lipinski definition) is 1. The molecule has 4 aromatic rings. The van der Waals surface area contributed by atoms with Gasteiger partial charge in [-0.15, -0.1) is 0 Å². The fraction of sp³-hybridized carbons (Fsp3) is 0.0588. The molecule has 0 atom stereocenters. The Balaban J connectivity index is 1.64. The van der Waals surface area contributed by atoms with Gasteiger partial charge >= 0.3 is 0 Å². The maximum atomic E-state index is 12.5. The number of amides is 1. The third-order valence-corrected chi connectivity index (χ3v) is 3.85. The molecular weight excluding hydrogens is 352 g/mol. The summed E-state index contributed by atoms with van der Waals surface area (Å²) in [4.78, 5) is 31.3. The minimum Gasteiger partial charge on any atom is -0.441 e. The molecule has 27 heavy (non-hydrogen) atoms. The Hall–Kier alpha value is -4.08. The number of nitro groups is 1. The number of nitro benzene ring substituents is 1. The number of nitrogens with one attached hydrogen (secondary N) is 1. The quantitative estimate of drug-likeness (QED) is 0.435. The van der Waals surface area contributed by atoms with Gasteiger partial charge in [0.2, 0.25) is 0 Å². The van der Waals surface area contributed by atoms with Crippen LogP contribution in [0.5, 0.6) is 0 Å².